The highest BCUT2D eigenvalue weighted by molar-refractivity contribution is 6.06. The molecule has 1 aromatic carbocycles. The zero-order valence-corrected chi connectivity index (χ0v) is 6.37. The van der Waals surface area contributed by atoms with E-state index in [1.54, 1.807) is 7.05 Å². The molecule has 2 rings (SSSR count). The van der Waals surface area contributed by atoms with Crippen molar-refractivity contribution in [2.75, 3.05) is 13.7 Å². The Labute approximate surface area is 65.5 Å². The number of para-hydroxylation sites is 1. The van der Waals surface area contributed by atoms with Crippen LogP contribution in [-0.2, 0) is 0 Å². The van der Waals surface area contributed by atoms with Gasteiger partial charge in [0.1, 0.15) is 12.4 Å². The van der Waals surface area contributed by atoms with Crippen LogP contribution >= 0.6 is 0 Å². The summed E-state index contributed by atoms with van der Waals surface area (Å²) < 4.78 is 5.37. The van der Waals surface area contributed by atoms with Crippen LogP contribution in [0.15, 0.2) is 29.3 Å². The van der Waals surface area contributed by atoms with Crippen LogP contribution in [0.1, 0.15) is 5.56 Å². The van der Waals surface area contributed by atoms with Gasteiger partial charge in [0.05, 0.1) is 5.71 Å². The lowest BCUT2D eigenvalue weighted by atomic mass is 10.1. The Bertz CT molecular complexity index is 304. The maximum atomic E-state index is 5.37. The monoisotopic (exact) mass is 147 g/mol. The minimum absolute atomic E-state index is 0.621. The predicted octanol–water partition coefficient (Wildman–Crippen LogP) is 1.50. The van der Waals surface area contributed by atoms with Crippen molar-refractivity contribution >= 4 is 5.71 Å². The molecule has 1 aliphatic rings. The first kappa shape index (κ1) is 6.40. The van der Waals surface area contributed by atoms with E-state index in [2.05, 4.69) is 4.99 Å². The normalized spacial score (nSPS) is 18.1. The van der Waals surface area contributed by atoms with Gasteiger partial charge in [-0.2, -0.15) is 0 Å². The van der Waals surface area contributed by atoms with Crippen molar-refractivity contribution in [1.82, 2.24) is 0 Å². The Morgan fingerprint density at radius 1 is 1.36 bits per heavy atom. The number of hydrogen-bond donors (Lipinski definition) is 0. The standard InChI is InChI=1S/C9H9NO/c1-10-8-6-11-9-5-3-2-4-7(8)9/h2-5H,6H2,1H3. The van der Waals surface area contributed by atoms with E-state index in [1.807, 2.05) is 24.3 Å². The van der Waals surface area contributed by atoms with Crippen molar-refractivity contribution < 1.29 is 4.74 Å². The smallest absolute Gasteiger partial charge is 0.131 e. The highest BCUT2D eigenvalue weighted by Crippen LogP contribution is 2.24. The van der Waals surface area contributed by atoms with Gasteiger partial charge < -0.3 is 4.74 Å². The zero-order chi connectivity index (χ0) is 7.68. The van der Waals surface area contributed by atoms with Crippen molar-refractivity contribution in [2.45, 2.75) is 0 Å². The van der Waals surface area contributed by atoms with Crippen LogP contribution in [0.5, 0.6) is 5.75 Å². The molecule has 2 nitrogen and oxygen atoms in total. The maximum absolute atomic E-state index is 5.37. The molecule has 0 N–H and O–H groups in total. The van der Waals surface area contributed by atoms with Crippen molar-refractivity contribution in [2.24, 2.45) is 4.99 Å². The van der Waals surface area contributed by atoms with Crippen molar-refractivity contribution in [3.05, 3.63) is 29.8 Å². The van der Waals surface area contributed by atoms with Crippen LogP contribution < -0.4 is 4.74 Å². The molecule has 0 unspecified atom stereocenters. The molecule has 0 aromatic heterocycles. The summed E-state index contributed by atoms with van der Waals surface area (Å²) in [5.41, 5.74) is 2.18. The average Bonchev–Trinajstić information content (AvgIpc) is 2.47. The lowest BCUT2D eigenvalue weighted by Gasteiger charge is -1.93. The molecule has 0 aliphatic carbocycles. The Morgan fingerprint density at radius 2 is 2.18 bits per heavy atom. The molecule has 0 radical (unpaired) electrons. The van der Waals surface area contributed by atoms with E-state index in [-0.39, 0.29) is 0 Å². The SMILES string of the molecule is CN=C1COc2ccccc21. The predicted molar refractivity (Wildman–Crippen MR) is 44.4 cm³/mol. The molecule has 11 heavy (non-hydrogen) atoms. The summed E-state index contributed by atoms with van der Waals surface area (Å²) >= 11 is 0. The number of fused-ring (bicyclic) bond motifs is 1. The molecule has 1 aliphatic heterocycles. The molecule has 0 atom stereocenters. The van der Waals surface area contributed by atoms with E-state index in [1.165, 1.54) is 0 Å². The van der Waals surface area contributed by atoms with Gasteiger partial charge in [0, 0.05) is 12.6 Å². The third-order valence-corrected chi connectivity index (χ3v) is 1.83. The quantitative estimate of drug-likeness (QED) is 0.545. The first-order valence-electron chi connectivity index (χ1n) is 3.59. The maximum Gasteiger partial charge on any atom is 0.131 e. The second kappa shape index (κ2) is 2.38. The Balaban J connectivity index is 2.55. The van der Waals surface area contributed by atoms with Crippen LogP contribution in [0.3, 0.4) is 0 Å². The fourth-order valence-corrected chi connectivity index (χ4v) is 1.24. The lowest BCUT2D eigenvalue weighted by molar-refractivity contribution is 0.393. The van der Waals surface area contributed by atoms with Crippen LogP contribution in [0.4, 0.5) is 0 Å². The number of benzene rings is 1. The minimum atomic E-state index is 0.621. The Morgan fingerprint density at radius 3 is 3.00 bits per heavy atom. The summed E-state index contributed by atoms with van der Waals surface area (Å²) in [6.07, 6.45) is 0. The molecule has 0 fully saturated rings. The van der Waals surface area contributed by atoms with E-state index in [0.29, 0.717) is 6.61 Å². The Hall–Kier alpha value is -1.31. The number of rotatable bonds is 0. The van der Waals surface area contributed by atoms with Crippen LogP contribution in [0.2, 0.25) is 0 Å². The fraction of sp³-hybridized carbons (Fsp3) is 0.222. The molecular weight excluding hydrogens is 138 g/mol. The molecule has 0 bridgehead atoms. The fourth-order valence-electron chi connectivity index (χ4n) is 1.24. The van der Waals surface area contributed by atoms with E-state index in [4.69, 9.17) is 4.74 Å². The third-order valence-electron chi connectivity index (χ3n) is 1.83. The van der Waals surface area contributed by atoms with E-state index in [9.17, 15) is 0 Å². The van der Waals surface area contributed by atoms with E-state index >= 15 is 0 Å². The zero-order valence-electron chi connectivity index (χ0n) is 6.37. The van der Waals surface area contributed by atoms with Gasteiger partial charge in [-0.15, -0.1) is 0 Å². The van der Waals surface area contributed by atoms with Crippen molar-refractivity contribution in [3.8, 4) is 5.75 Å². The number of hydrogen-bond acceptors (Lipinski definition) is 2. The van der Waals surface area contributed by atoms with Gasteiger partial charge in [-0.05, 0) is 12.1 Å². The average molecular weight is 147 g/mol. The van der Waals surface area contributed by atoms with Gasteiger partial charge >= 0.3 is 0 Å². The second-order valence-electron chi connectivity index (χ2n) is 2.46. The summed E-state index contributed by atoms with van der Waals surface area (Å²) in [4.78, 5) is 4.12. The van der Waals surface area contributed by atoms with Gasteiger partial charge in [0.2, 0.25) is 0 Å². The molecular formula is C9H9NO. The van der Waals surface area contributed by atoms with E-state index < -0.39 is 0 Å². The Kier molecular flexibility index (Phi) is 1.39. The molecule has 2 heteroatoms. The highest BCUT2D eigenvalue weighted by atomic mass is 16.5. The highest BCUT2D eigenvalue weighted by Gasteiger charge is 2.16. The first-order chi connectivity index (χ1) is 5.42. The number of nitrogens with zero attached hydrogens (tertiary/aromatic N) is 1. The third kappa shape index (κ3) is 0.909. The summed E-state index contributed by atoms with van der Waals surface area (Å²) in [5.74, 6) is 0.952. The van der Waals surface area contributed by atoms with Gasteiger partial charge in [0.25, 0.3) is 0 Å². The first-order valence-corrected chi connectivity index (χ1v) is 3.59. The summed E-state index contributed by atoms with van der Waals surface area (Å²) in [5, 5.41) is 0. The van der Waals surface area contributed by atoms with Crippen molar-refractivity contribution in [1.29, 1.82) is 0 Å². The van der Waals surface area contributed by atoms with Gasteiger partial charge in [0.15, 0.2) is 0 Å². The second-order valence-corrected chi connectivity index (χ2v) is 2.46. The summed E-state index contributed by atoms with van der Waals surface area (Å²) in [6, 6.07) is 7.97. The molecule has 56 valence electrons. The molecule has 0 saturated carbocycles. The van der Waals surface area contributed by atoms with Crippen LogP contribution in [0.25, 0.3) is 0 Å². The van der Waals surface area contributed by atoms with Crippen molar-refractivity contribution in [3.63, 3.8) is 0 Å². The summed E-state index contributed by atoms with van der Waals surface area (Å²) in [6.45, 7) is 0.621. The molecule has 1 heterocycles. The number of aliphatic imine (C=N–C) groups is 1. The molecule has 0 amide bonds. The molecule has 0 saturated heterocycles. The van der Waals surface area contributed by atoms with E-state index in [0.717, 1.165) is 17.0 Å². The molecule has 0 spiro atoms. The minimum Gasteiger partial charge on any atom is -0.487 e. The van der Waals surface area contributed by atoms with Crippen LogP contribution in [-0.4, -0.2) is 19.4 Å². The van der Waals surface area contributed by atoms with Gasteiger partial charge in [-0.25, -0.2) is 0 Å². The molecule has 1 aromatic rings. The van der Waals surface area contributed by atoms with Gasteiger partial charge in [-0.3, -0.25) is 4.99 Å². The number of ether oxygens (including phenoxy) is 1. The lowest BCUT2D eigenvalue weighted by Crippen LogP contribution is -2.01. The van der Waals surface area contributed by atoms with Crippen LogP contribution in [0, 0.1) is 0 Å². The summed E-state index contributed by atoms with van der Waals surface area (Å²) in [7, 11) is 1.79. The van der Waals surface area contributed by atoms with Gasteiger partial charge in [-0.1, -0.05) is 12.1 Å². The topological polar surface area (TPSA) is 21.6 Å². The largest absolute Gasteiger partial charge is 0.487 e.